The van der Waals surface area contributed by atoms with Crippen LogP contribution in [0.25, 0.3) is 0 Å². The number of benzene rings is 1. The summed E-state index contributed by atoms with van der Waals surface area (Å²) < 4.78 is 42.9. The molecular weight excluding hydrogens is 285 g/mol. The van der Waals surface area contributed by atoms with Gasteiger partial charge in [0.2, 0.25) is 0 Å². The first-order valence-electron chi connectivity index (χ1n) is 6.64. The predicted molar refractivity (Wildman–Crippen MR) is 71.0 cm³/mol. The maximum absolute atomic E-state index is 12.6. The molecule has 1 heterocycles. The summed E-state index contributed by atoms with van der Waals surface area (Å²) in [5, 5.41) is 3.15. The molecule has 1 aliphatic heterocycles. The summed E-state index contributed by atoms with van der Waals surface area (Å²) in [6, 6.07) is 4.63. The van der Waals surface area contributed by atoms with Crippen LogP contribution in [0.2, 0.25) is 0 Å². The maximum atomic E-state index is 12.6. The van der Waals surface area contributed by atoms with Gasteiger partial charge in [-0.1, -0.05) is 6.07 Å². The number of nitrogens with zero attached hydrogens (tertiary/aromatic N) is 1. The normalized spacial score (nSPS) is 18.6. The lowest BCUT2D eigenvalue weighted by atomic mass is 10.2. The van der Waals surface area contributed by atoms with Crippen LogP contribution in [-0.4, -0.2) is 43.6 Å². The van der Waals surface area contributed by atoms with Crippen molar-refractivity contribution >= 4 is 5.91 Å². The molecule has 1 atom stereocenters. The van der Waals surface area contributed by atoms with Gasteiger partial charge in [0.25, 0.3) is 5.91 Å². The molecule has 1 N–H and O–H groups in total. The summed E-state index contributed by atoms with van der Waals surface area (Å²) in [7, 11) is 1.68. The Hall–Kier alpha value is -1.76. The Labute approximate surface area is 120 Å². The number of hydrogen-bond donors (Lipinski definition) is 1. The van der Waals surface area contributed by atoms with Crippen LogP contribution in [0.3, 0.4) is 0 Å². The fourth-order valence-corrected chi connectivity index (χ4v) is 2.18. The molecule has 0 radical (unpaired) electrons. The van der Waals surface area contributed by atoms with E-state index in [-0.39, 0.29) is 24.3 Å². The van der Waals surface area contributed by atoms with Gasteiger partial charge in [-0.25, -0.2) is 0 Å². The molecule has 1 aromatic carbocycles. The van der Waals surface area contributed by atoms with Crippen molar-refractivity contribution in [3.05, 3.63) is 29.8 Å². The lowest BCUT2D eigenvalue weighted by molar-refractivity contribution is -0.137. The highest BCUT2D eigenvalue weighted by atomic mass is 19.4. The smallest absolute Gasteiger partial charge is 0.416 e. The Bertz CT molecular complexity index is 499. The Morgan fingerprint density at radius 3 is 2.86 bits per heavy atom. The van der Waals surface area contributed by atoms with E-state index < -0.39 is 11.7 Å². The molecule has 116 valence electrons. The molecule has 4 nitrogen and oxygen atoms in total. The van der Waals surface area contributed by atoms with Crippen molar-refractivity contribution in [1.29, 1.82) is 0 Å². The number of amides is 1. The maximum Gasteiger partial charge on any atom is 0.416 e. The average Bonchev–Trinajstić information content (AvgIpc) is 2.97. The van der Waals surface area contributed by atoms with Crippen LogP contribution in [-0.2, 0) is 11.0 Å². The lowest BCUT2D eigenvalue weighted by Gasteiger charge is -2.23. The van der Waals surface area contributed by atoms with Gasteiger partial charge < -0.3 is 15.0 Å². The van der Waals surface area contributed by atoms with Crippen molar-refractivity contribution in [2.45, 2.75) is 18.6 Å². The van der Waals surface area contributed by atoms with Gasteiger partial charge in [0.15, 0.2) is 6.61 Å². The van der Waals surface area contributed by atoms with Gasteiger partial charge in [-0.2, -0.15) is 13.2 Å². The van der Waals surface area contributed by atoms with Crippen LogP contribution in [0, 0.1) is 0 Å². The molecule has 0 aliphatic carbocycles. The van der Waals surface area contributed by atoms with Gasteiger partial charge in [0, 0.05) is 19.6 Å². The molecule has 2 rings (SSSR count). The number of likely N-dealkylation sites (N-methyl/N-ethyl adjacent to an activating group) is 1. The molecule has 1 aliphatic rings. The minimum Gasteiger partial charge on any atom is -0.484 e. The zero-order valence-electron chi connectivity index (χ0n) is 11.6. The number of ether oxygens (including phenoxy) is 1. The summed E-state index contributed by atoms with van der Waals surface area (Å²) >= 11 is 0. The van der Waals surface area contributed by atoms with Crippen molar-refractivity contribution in [3.63, 3.8) is 0 Å². The monoisotopic (exact) mass is 302 g/mol. The molecule has 1 unspecified atom stereocenters. The Morgan fingerprint density at radius 1 is 1.48 bits per heavy atom. The van der Waals surface area contributed by atoms with Gasteiger partial charge in [0.05, 0.1) is 5.56 Å². The SMILES string of the molecule is CN(C(=O)COc1cccc(C(F)(F)F)c1)C1CCNC1. The van der Waals surface area contributed by atoms with Crippen LogP contribution in [0.4, 0.5) is 13.2 Å². The molecule has 0 bridgehead atoms. The van der Waals surface area contributed by atoms with E-state index >= 15 is 0 Å². The van der Waals surface area contributed by atoms with Gasteiger partial charge in [-0.3, -0.25) is 4.79 Å². The van der Waals surface area contributed by atoms with E-state index in [1.807, 2.05) is 0 Å². The highest BCUT2D eigenvalue weighted by Crippen LogP contribution is 2.31. The van der Waals surface area contributed by atoms with Crippen molar-refractivity contribution in [2.75, 3.05) is 26.7 Å². The standard InChI is InChI=1S/C14H17F3N2O2/c1-19(11-5-6-18-8-11)13(20)9-21-12-4-2-3-10(7-12)14(15,16)17/h2-4,7,11,18H,5-6,8-9H2,1H3. The number of halogens is 3. The van der Waals surface area contributed by atoms with E-state index in [4.69, 9.17) is 4.74 Å². The summed E-state index contributed by atoms with van der Waals surface area (Å²) in [5.41, 5.74) is -0.791. The van der Waals surface area contributed by atoms with E-state index in [2.05, 4.69) is 5.32 Å². The first-order chi connectivity index (χ1) is 9.88. The minimum atomic E-state index is -4.42. The number of nitrogens with one attached hydrogen (secondary N) is 1. The molecule has 1 saturated heterocycles. The first kappa shape index (κ1) is 15.6. The third-order valence-electron chi connectivity index (χ3n) is 3.50. The second-order valence-electron chi connectivity index (χ2n) is 4.97. The van der Waals surface area contributed by atoms with Crippen molar-refractivity contribution < 1.29 is 22.7 Å². The number of alkyl halides is 3. The zero-order chi connectivity index (χ0) is 15.5. The summed E-state index contributed by atoms with van der Waals surface area (Å²) in [6.07, 6.45) is -3.55. The lowest BCUT2D eigenvalue weighted by Crippen LogP contribution is -2.40. The Kier molecular flexibility index (Phi) is 4.72. The van der Waals surface area contributed by atoms with E-state index in [1.54, 1.807) is 11.9 Å². The molecule has 1 aromatic rings. The summed E-state index contributed by atoms with van der Waals surface area (Å²) in [6.45, 7) is 1.32. The van der Waals surface area contributed by atoms with Crippen LogP contribution in [0.15, 0.2) is 24.3 Å². The summed E-state index contributed by atoms with van der Waals surface area (Å²) in [4.78, 5) is 13.5. The molecular formula is C14H17F3N2O2. The highest BCUT2D eigenvalue weighted by Gasteiger charge is 2.30. The van der Waals surface area contributed by atoms with Crippen LogP contribution in [0.5, 0.6) is 5.75 Å². The third kappa shape index (κ3) is 4.10. The fourth-order valence-electron chi connectivity index (χ4n) is 2.18. The quantitative estimate of drug-likeness (QED) is 0.924. The van der Waals surface area contributed by atoms with Gasteiger partial charge in [-0.05, 0) is 31.2 Å². The number of rotatable bonds is 4. The molecule has 1 amide bonds. The Morgan fingerprint density at radius 2 is 2.24 bits per heavy atom. The van der Waals surface area contributed by atoms with E-state index in [1.165, 1.54) is 12.1 Å². The number of carbonyl (C=O) groups excluding carboxylic acids is 1. The van der Waals surface area contributed by atoms with Gasteiger partial charge >= 0.3 is 6.18 Å². The second-order valence-corrected chi connectivity index (χ2v) is 4.97. The molecule has 0 saturated carbocycles. The van der Waals surface area contributed by atoms with Gasteiger partial charge in [-0.15, -0.1) is 0 Å². The van der Waals surface area contributed by atoms with Crippen molar-refractivity contribution in [2.24, 2.45) is 0 Å². The Balaban J connectivity index is 1.92. The third-order valence-corrected chi connectivity index (χ3v) is 3.50. The number of hydrogen-bond acceptors (Lipinski definition) is 3. The van der Waals surface area contributed by atoms with E-state index in [0.717, 1.165) is 31.6 Å². The van der Waals surface area contributed by atoms with Crippen LogP contribution >= 0.6 is 0 Å². The van der Waals surface area contributed by atoms with E-state index in [9.17, 15) is 18.0 Å². The highest BCUT2D eigenvalue weighted by molar-refractivity contribution is 5.77. The molecule has 7 heteroatoms. The largest absolute Gasteiger partial charge is 0.484 e. The molecule has 1 fully saturated rings. The first-order valence-corrected chi connectivity index (χ1v) is 6.64. The molecule has 21 heavy (non-hydrogen) atoms. The van der Waals surface area contributed by atoms with Crippen molar-refractivity contribution in [3.8, 4) is 5.75 Å². The number of carbonyl (C=O) groups is 1. The second kappa shape index (κ2) is 6.34. The fraction of sp³-hybridized carbons (Fsp3) is 0.500. The summed E-state index contributed by atoms with van der Waals surface area (Å²) in [5.74, 6) is -0.211. The minimum absolute atomic E-state index is 0.0381. The van der Waals surface area contributed by atoms with Gasteiger partial charge in [0.1, 0.15) is 5.75 Å². The topological polar surface area (TPSA) is 41.6 Å². The molecule has 0 aromatic heterocycles. The van der Waals surface area contributed by atoms with E-state index in [0.29, 0.717) is 0 Å². The van der Waals surface area contributed by atoms with Crippen molar-refractivity contribution in [1.82, 2.24) is 10.2 Å². The van der Waals surface area contributed by atoms with Crippen LogP contribution < -0.4 is 10.1 Å². The average molecular weight is 302 g/mol. The molecule has 0 spiro atoms. The predicted octanol–water partition coefficient (Wildman–Crippen LogP) is 1.90. The van der Waals surface area contributed by atoms with Crippen LogP contribution in [0.1, 0.15) is 12.0 Å². The zero-order valence-corrected chi connectivity index (χ0v) is 11.6.